The molecule has 0 spiro atoms. The third-order valence-corrected chi connectivity index (χ3v) is 5.50. The molecule has 1 saturated heterocycles. The lowest BCUT2D eigenvalue weighted by Gasteiger charge is -2.42. The predicted molar refractivity (Wildman–Crippen MR) is 76.7 cm³/mol. The van der Waals surface area contributed by atoms with E-state index in [0.717, 1.165) is 23.4 Å². The lowest BCUT2D eigenvalue weighted by atomic mass is 9.96. The van der Waals surface area contributed by atoms with E-state index >= 15 is 0 Å². The number of hydrogen-bond donors (Lipinski definition) is 1. The standard InChI is InChI=1S/C16H30N2/c1-3-7-16(8-9-16)12-18-11-15(13-5-6-13)17-10-14(18)4-2/h13-15,17H,3-12H2,1-2H3. The number of nitrogens with one attached hydrogen (secondary N) is 1. The molecular formula is C16H30N2. The van der Waals surface area contributed by atoms with Crippen LogP contribution in [0, 0.1) is 11.3 Å². The Balaban J connectivity index is 1.59. The maximum absolute atomic E-state index is 3.81. The van der Waals surface area contributed by atoms with E-state index in [-0.39, 0.29) is 0 Å². The van der Waals surface area contributed by atoms with Crippen molar-refractivity contribution in [1.82, 2.24) is 10.2 Å². The van der Waals surface area contributed by atoms with Gasteiger partial charge in [0.1, 0.15) is 0 Å². The van der Waals surface area contributed by atoms with Gasteiger partial charge in [-0.3, -0.25) is 4.90 Å². The highest BCUT2D eigenvalue weighted by atomic mass is 15.2. The van der Waals surface area contributed by atoms with Crippen LogP contribution >= 0.6 is 0 Å². The highest BCUT2D eigenvalue weighted by molar-refractivity contribution is 5.00. The zero-order valence-electron chi connectivity index (χ0n) is 12.3. The molecule has 2 unspecified atom stereocenters. The second-order valence-electron chi connectivity index (χ2n) is 7.09. The van der Waals surface area contributed by atoms with Crippen molar-refractivity contribution in [3.8, 4) is 0 Å². The molecule has 0 aromatic carbocycles. The number of rotatable bonds is 6. The molecule has 0 amide bonds. The van der Waals surface area contributed by atoms with Gasteiger partial charge in [-0.15, -0.1) is 0 Å². The van der Waals surface area contributed by atoms with Crippen LogP contribution in [-0.4, -0.2) is 36.6 Å². The molecule has 2 heteroatoms. The Labute approximate surface area is 113 Å². The molecule has 0 aromatic rings. The fraction of sp³-hybridized carbons (Fsp3) is 1.00. The molecule has 0 bridgehead atoms. The average molecular weight is 250 g/mol. The van der Waals surface area contributed by atoms with Crippen molar-refractivity contribution in [2.75, 3.05) is 19.6 Å². The van der Waals surface area contributed by atoms with E-state index in [4.69, 9.17) is 0 Å². The molecule has 2 aliphatic carbocycles. The summed E-state index contributed by atoms with van der Waals surface area (Å²) in [6.07, 6.45) is 10.1. The zero-order chi connectivity index (χ0) is 12.6. The Morgan fingerprint density at radius 3 is 2.56 bits per heavy atom. The summed E-state index contributed by atoms with van der Waals surface area (Å²) in [6, 6.07) is 1.61. The third kappa shape index (κ3) is 2.75. The fourth-order valence-electron chi connectivity index (χ4n) is 3.92. The first-order valence-corrected chi connectivity index (χ1v) is 8.24. The Hall–Kier alpha value is -0.0800. The molecule has 1 N–H and O–H groups in total. The maximum Gasteiger partial charge on any atom is 0.0224 e. The smallest absolute Gasteiger partial charge is 0.0224 e. The van der Waals surface area contributed by atoms with Crippen LogP contribution in [0.3, 0.4) is 0 Å². The summed E-state index contributed by atoms with van der Waals surface area (Å²) in [7, 11) is 0. The van der Waals surface area contributed by atoms with Crippen molar-refractivity contribution in [3.05, 3.63) is 0 Å². The Kier molecular flexibility index (Phi) is 3.68. The summed E-state index contributed by atoms with van der Waals surface area (Å²) in [6.45, 7) is 8.66. The average Bonchev–Trinajstić information content (AvgIpc) is 3.24. The van der Waals surface area contributed by atoms with Gasteiger partial charge >= 0.3 is 0 Å². The Morgan fingerprint density at radius 1 is 1.22 bits per heavy atom. The van der Waals surface area contributed by atoms with Gasteiger partial charge in [-0.05, 0) is 49.9 Å². The minimum atomic E-state index is 0.730. The lowest BCUT2D eigenvalue weighted by Crippen LogP contribution is -2.58. The van der Waals surface area contributed by atoms with Gasteiger partial charge < -0.3 is 5.32 Å². The summed E-state index contributed by atoms with van der Waals surface area (Å²) in [5, 5.41) is 3.81. The first-order valence-electron chi connectivity index (χ1n) is 8.24. The van der Waals surface area contributed by atoms with Crippen molar-refractivity contribution in [3.63, 3.8) is 0 Å². The molecule has 18 heavy (non-hydrogen) atoms. The summed E-state index contributed by atoms with van der Waals surface area (Å²) in [4.78, 5) is 2.85. The van der Waals surface area contributed by atoms with E-state index in [1.165, 1.54) is 64.6 Å². The number of piperazine rings is 1. The molecule has 3 fully saturated rings. The summed E-state index contributed by atoms with van der Waals surface area (Å²) in [5.74, 6) is 1.01. The van der Waals surface area contributed by atoms with Crippen LogP contribution < -0.4 is 5.32 Å². The third-order valence-electron chi connectivity index (χ3n) is 5.50. The highest BCUT2D eigenvalue weighted by Crippen LogP contribution is 2.50. The summed E-state index contributed by atoms with van der Waals surface area (Å²) < 4.78 is 0. The Bertz CT molecular complexity index is 281. The van der Waals surface area contributed by atoms with Crippen LogP contribution in [0.1, 0.15) is 58.8 Å². The predicted octanol–water partition coefficient (Wildman–Crippen LogP) is 3.03. The minimum Gasteiger partial charge on any atom is -0.311 e. The minimum absolute atomic E-state index is 0.730. The van der Waals surface area contributed by atoms with Gasteiger partial charge in [-0.1, -0.05) is 20.3 Å². The van der Waals surface area contributed by atoms with Gasteiger partial charge in [-0.2, -0.15) is 0 Å². The molecule has 0 radical (unpaired) electrons. The molecular weight excluding hydrogens is 220 g/mol. The molecule has 3 aliphatic rings. The van der Waals surface area contributed by atoms with Gasteiger partial charge in [-0.25, -0.2) is 0 Å². The van der Waals surface area contributed by atoms with Crippen molar-refractivity contribution in [2.24, 2.45) is 11.3 Å². The summed E-state index contributed by atoms with van der Waals surface area (Å²) >= 11 is 0. The fourth-order valence-corrected chi connectivity index (χ4v) is 3.92. The van der Waals surface area contributed by atoms with Gasteiger partial charge in [0, 0.05) is 31.7 Å². The highest BCUT2D eigenvalue weighted by Gasteiger charge is 2.45. The van der Waals surface area contributed by atoms with E-state index in [2.05, 4.69) is 24.1 Å². The van der Waals surface area contributed by atoms with Gasteiger partial charge in [0.05, 0.1) is 0 Å². The molecule has 104 valence electrons. The van der Waals surface area contributed by atoms with E-state index < -0.39 is 0 Å². The van der Waals surface area contributed by atoms with E-state index in [1.54, 1.807) is 0 Å². The molecule has 2 saturated carbocycles. The quantitative estimate of drug-likeness (QED) is 0.779. The lowest BCUT2D eigenvalue weighted by molar-refractivity contribution is 0.0921. The SMILES string of the molecule is CCCC1(CN2CC(C3CC3)NCC2CC)CC1. The van der Waals surface area contributed by atoms with Crippen LogP contribution in [0.2, 0.25) is 0 Å². The second-order valence-corrected chi connectivity index (χ2v) is 7.09. The van der Waals surface area contributed by atoms with E-state index in [0.29, 0.717) is 0 Å². The molecule has 3 rings (SSSR count). The largest absolute Gasteiger partial charge is 0.311 e. The molecule has 1 heterocycles. The van der Waals surface area contributed by atoms with Crippen LogP contribution in [-0.2, 0) is 0 Å². The monoisotopic (exact) mass is 250 g/mol. The van der Waals surface area contributed by atoms with Crippen LogP contribution in [0.15, 0.2) is 0 Å². The Morgan fingerprint density at radius 2 is 2.00 bits per heavy atom. The zero-order valence-corrected chi connectivity index (χ0v) is 12.3. The summed E-state index contributed by atoms with van der Waals surface area (Å²) in [5.41, 5.74) is 0.730. The van der Waals surface area contributed by atoms with Crippen molar-refractivity contribution in [2.45, 2.75) is 70.9 Å². The van der Waals surface area contributed by atoms with E-state index in [1.807, 2.05) is 0 Å². The maximum atomic E-state index is 3.81. The molecule has 2 nitrogen and oxygen atoms in total. The van der Waals surface area contributed by atoms with Gasteiger partial charge in [0.2, 0.25) is 0 Å². The number of nitrogens with zero attached hydrogens (tertiary/aromatic N) is 1. The normalized spacial score (nSPS) is 35.7. The second kappa shape index (κ2) is 5.13. The molecule has 1 aliphatic heterocycles. The van der Waals surface area contributed by atoms with Crippen molar-refractivity contribution in [1.29, 1.82) is 0 Å². The molecule has 0 aromatic heterocycles. The van der Waals surface area contributed by atoms with Crippen molar-refractivity contribution < 1.29 is 0 Å². The first kappa shape index (κ1) is 12.9. The van der Waals surface area contributed by atoms with Gasteiger partial charge in [0.15, 0.2) is 0 Å². The van der Waals surface area contributed by atoms with Crippen LogP contribution in [0.4, 0.5) is 0 Å². The van der Waals surface area contributed by atoms with Gasteiger partial charge in [0.25, 0.3) is 0 Å². The first-order chi connectivity index (χ1) is 8.76. The van der Waals surface area contributed by atoms with Crippen LogP contribution in [0.5, 0.6) is 0 Å². The number of hydrogen-bond acceptors (Lipinski definition) is 2. The van der Waals surface area contributed by atoms with Crippen molar-refractivity contribution >= 4 is 0 Å². The molecule has 2 atom stereocenters. The topological polar surface area (TPSA) is 15.3 Å². The van der Waals surface area contributed by atoms with E-state index in [9.17, 15) is 0 Å². The van der Waals surface area contributed by atoms with Crippen LogP contribution in [0.25, 0.3) is 0 Å².